The van der Waals surface area contributed by atoms with Crippen LogP contribution in [0.5, 0.6) is 0 Å². The average molecular weight is 382 g/mol. The summed E-state index contributed by atoms with van der Waals surface area (Å²) in [6, 6.07) is 1.91. The van der Waals surface area contributed by atoms with Crippen molar-refractivity contribution in [1.29, 1.82) is 0 Å². The largest absolute Gasteiger partial charge is 0.772 e. The number of benzene rings is 1. The summed E-state index contributed by atoms with van der Waals surface area (Å²) in [7, 11) is 0. The molecule has 0 N–H and O–H groups in total. The minimum absolute atomic E-state index is 0.142. The van der Waals surface area contributed by atoms with Gasteiger partial charge >= 0.3 is 6.18 Å². The van der Waals surface area contributed by atoms with Crippen LogP contribution in [0.3, 0.4) is 0 Å². The quantitative estimate of drug-likeness (QED) is 0.561. The average Bonchev–Trinajstić information content (AvgIpc) is 2.53. The van der Waals surface area contributed by atoms with Gasteiger partial charge in [0.15, 0.2) is 0 Å². The topological polar surface area (TPSA) is 57.2 Å². The molecule has 3 nitrogen and oxygen atoms in total. The molecular formula is C16H17ClF3O3S-. The number of hydrogen-bond acceptors (Lipinski definition) is 3. The lowest BCUT2D eigenvalue weighted by atomic mass is 9.79. The van der Waals surface area contributed by atoms with Crippen molar-refractivity contribution >= 4 is 27.9 Å². The molecular weight excluding hydrogens is 365 g/mol. The van der Waals surface area contributed by atoms with Gasteiger partial charge in [-0.15, -0.1) is 0 Å². The Morgan fingerprint density at radius 1 is 1.29 bits per heavy atom. The minimum Gasteiger partial charge on any atom is -0.772 e. The number of halogens is 4. The van der Waals surface area contributed by atoms with Gasteiger partial charge < -0.3 is 4.55 Å². The number of rotatable bonds is 4. The highest BCUT2D eigenvalue weighted by Crippen LogP contribution is 2.47. The van der Waals surface area contributed by atoms with E-state index in [1.54, 1.807) is 6.92 Å². The van der Waals surface area contributed by atoms with Crippen molar-refractivity contribution in [3.8, 4) is 0 Å². The van der Waals surface area contributed by atoms with E-state index in [4.69, 9.17) is 11.6 Å². The highest BCUT2D eigenvalue weighted by molar-refractivity contribution is 7.80. The molecule has 0 aliphatic heterocycles. The molecule has 1 aliphatic carbocycles. The van der Waals surface area contributed by atoms with E-state index in [2.05, 4.69) is 0 Å². The molecule has 0 amide bonds. The number of aryl methyl sites for hydroxylation is 1. The molecule has 0 radical (unpaired) electrons. The first-order valence-corrected chi connectivity index (χ1v) is 9.12. The van der Waals surface area contributed by atoms with Crippen LogP contribution in [0.25, 0.3) is 0 Å². The van der Waals surface area contributed by atoms with E-state index < -0.39 is 32.8 Å². The van der Waals surface area contributed by atoms with E-state index in [0.717, 1.165) is 6.42 Å². The van der Waals surface area contributed by atoms with Crippen LogP contribution in [-0.2, 0) is 28.4 Å². The van der Waals surface area contributed by atoms with Gasteiger partial charge in [-0.05, 0) is 59.1 Å². The number of carbonyl (C=O) groups is 1. The lowest BCUT2D eigenvalue weighted by molar-refractivity contribution is -0.138. The fraction of sp³-hybridized carbons (Fsp3) is 0.562. The Morgan fingerprint density at radius 3 is 2.29 bits per heavy atom. The fourth-order valence-corrected chi connectivity index (χ4v) is 4.53. The van der Waals surface area contributed by atoms with Crippen molar-refractivity contribution in [3.63, 3.8) is 0 Å². The second kappa shape index (κ2) is 7.14. The zero-order valence-electron chi connectivity index (χ0n) is 13.0. The van der Waals surface area contributed by atoms with E-state index in [9.17, 15) is 26.7 Å². The van der Waals surface area contributed by atoms with Crippen molar-refractivity contribution in [2.75, 3.05) is 0 Å². The van der Waals surface area contributed by atoms with E-state index in [-0.39, 0.29) is 30.4 Å². The summed E-state index contributed by atoms with van der Waals surface area (Å²) in [5.74, 6) is 0. The second-order valence-corrected chi connectivity index (χ2v) is 7.56. The van der Waals surface area contributed by atoms with Crippen LogP contribution in [0.15, 0.2) is 12.1 Å². The van der Waals surface area contributed by atoms with Crippen molar-refractivity contribution in [2.45, 2.75) is 56.4 Å². The molecule has 1 fully saturated rings. The van der Waals surface area contributed by atoms with Crippen molar-refractivity contribution in [1.82, 2.24) is 0 Å². The number of carbonyl (C=O) groups excluding carboxylic acids is 1. The molecule has 134 valence electrons. The van der Waals surface area contributed by atoms with Crippen molar-refractivity contribution in [3.05, 3.63) is 34.4 Å². The Kier molecular flexibility index (Phi) is 5.77. The van der Waals surface area contributed by atoms with Crippen LogP contribution < -0.4 is 0 Å². The second-order valence-electron chi connectivity index (χ2n) is 5.97. The van der Waals surface area contributed by atoms with Gasteiger partial charge in [-0.3, -0.25) is 9.00 Å². The lowest BCUT2D eigenvalue weighted by Crippen LogP contribution is -2.36. The monoisotopic (exact) mass is 381 g/mol. The van der Waals surface area contributed by atoms with Crippen LogP contribution >= 0.6 is 11.6 Å². The third-order valence-corrected chi connectivity index (χ3v) is 6.08. The van der Waals surface area contributed by atoms with Gasteiger partial charge in [0.25, 0.3) is 5.24 Å². The van der Waals surface area contributed by atoms with Crippen molar-refractivity contribution in [2.24, 2.45) is 0 Å². The van der Waals surface area contributed by atoms with Crippen molar-refractivity contribution < 1.29 is 26.7 Å². The molecule has 0 aromatic heterocycles. The maximum Gasteiger partial charge on any atom is 0.416 e. The molecule has 24 heavy (non-hydrogen) atoms. The highest BCUT2D eigenvalue weighted by Gasteiger charge is 2.44. The molecule has 1 aromatic carbocycles. The summed E-state index contributed by atoms with van der Waals surface area (Å²) < 4.78 is 62.9. The van der Waals surface area contributed by atoms with Gasteiger partial charge in [-0.2, -0.15) is 13.2 Å². The van der Waals surface area contributed by atoms with Gasteiger partial charge in [-0.1, -0.05) is 32.3 Å². The standard InChI is InChI=1S/C16H18ClF3O3S/c1-2-10-8-12(15(24(22)23)6-4-3-5-7-15)13(16(18,19)20)9-11(10)14(17)21/h8-9H,2-7H2,1H3,(H,22,23)/p-1. The summed E-state index contributed by atoms with van der Waals surface area (Å²) >= 11 is 2.71. The lowest BCUT2D eigenvalue weighted by Gasteiger charge is -2.41. The zero-order chi connectivity index (χ0) is 18.1. The third-order valence-electron chi connectivity index (χ3n) is 4.61. The Bertz CT molecular complexity index is 667. The Labute approximate surface area is 145 Å². The Morgan fingerprint density at radius 2 is 1.88 bits per heavy atom. The molecule has 1 aliphatic rings. The smallest absolute Gasteiger partial charge is 0.416 e. The van der Waals surface area contributed by atoms with Gasteiger partial charge in [-0.25, -0.2) is 0 Å². The minimum atomic E-state index is -4.77. The van der Waals surface area contributed by atoms with Gasteiger partial charge in [0.2, 0.25) is 0 Å². The van der Waals surface area contributed by atoms with E-state index >= 15 is 0 Å². The van der Waals surface area contributed by atoms with Crippen LogP contribution in [0.1, 0.15) is 66.1 Å². The van der Waals surface area contributed by atoms with Crippen LogP contribution in [0, 0.1) is 0 Å². The van der Waals surface area contributed by atoms with Crippen LogP contribution in [0.2, 0.25) is 0 Å². The molecule has 0 spiro atoms. The van der Waals surface area contributed by atoms with Gasteiger partial charge in [0.1, 0.15) is 0 Å². The van der Waals surface area contributed by atoms with Gasteiger partial charge in [0, 0.05) is 5.56 Å². The molecule has 0 heterocycles. The third kappa shape index (κ3) is 3.53. The molecule has 1 saturated carbocycles. The zero-order valence-corrected chi connectivity index (χ0v) is 14.6. The molecule has 8 heteroatoms. The molecule has 2 rings (SSSR count). The molecule has 0 bridgehead atoms. The maximum absolute atomic E-state index is 13.6. The summed E-state index contributed by atoms with van der Waals surface area (Å²) in [6.07, 6.45) is -2.33. The normalized spacial score (nSPS) is 19.1. The first-order chi connectivity index (χ1) is 11.1. The molecule has 1 aromatic rings. The molecule has 1 unspecified atom stereocenters. The molecule has 0 saturated heterocycles. The first-order valence-electron chi connectivity index (χ1n) is 7.67. The Hall–Kier alpha value is -0.920. The maximum atomic E-state index is 13.6. The predicted molar refractivity (Wildman–Crippen MR) is 84.7 cm³/mol. The SMILES string of the molecule is CCc1cc(C2(S(=O)[O-])CCCCC2)c(C(F)(F)F)cc1C(=O)Cl. The first kappa shape index (κ1) is 19.4. The summed E-state index contributed by atoms with van der Waals surface area (Å²) in [5.41, 5.74) is -1.25. The summed E-state index contributed by atoms with van der Waals surface area (Å²) in [6.45, 7) is 1.68. The van der Waals surface area contributed by atoms with Gasteiger partial charge in [0.05, 0.1) is 10.3 Å². The molecule has 1 atom stereocenters. The fourth-order valence-electron chi connectivity index (χ4n) is 3.38. The van der Waals surface area contributed by atoms with E-state index in [1.165, 1.54) is 6.07 Å². The summed E-state index contributed by atoms with van der Waals surface area (Å²) in [4.78, 5) is 11.5. The predicted octanol–water partition coefficient (Wildman–Crippen LogP) is 4.69. The number of hydrogen-bond donors (Lipinski definition) is 0. The van der Waals surface area contributed by atoms with E-state index in [1.807, 2.05) is 0 Å². The summed E-state index contributed by atoms with van der Waals surface area (Å²) in [5, 5.41) is -0.982. The number of alkyl halides is 3. The van der Waals surface area contributed by atoms with Crippen LogP contribution in [0.4, 0.5) is 13.2 Å². The highest BCUT2D eigenvalue weighted by atomic mass is 35.5. The Balaban J connectivity index is 2.79. The van der Waals surface area contributed by atoms with E-state index in [0.29, 0.717) is 24.5 Å². The van der Waals surface area contributed by atoms with Crippen LogP contribution in [-0.4, -0.2) is 14.0 Å².